The number of halogens is 2. The van der Waals surface area contributed by atoms with Crippen molar-refractivity contribution in [3.63, 3.8) is 0 Å². The van der Waals surface area contributed by atoms with Crippen molar-refractivity contribution < 1.29 is 4.74 Å². The fraction of sp³-hybridized carbons (Fsp3) is 0. The Labute approximate surface area is 102 Å². The third-order valence-corrected chi connectivity index (χ3v) is 2.57. The number of hydrogen-bond donors (Lipinski definition) is 1. The summed E-state index contributed by atoms with van der Waals surface area (Å²) < 4.78 is 5.35. The number of ether oxygens (including phenoxy) is 1. The number of benzene rings is 1. The summed E-state index contributed by atoms with van der Waals surface area (Å²) in [5, 5.41) is 0.735. The van der Waals surface area contributed by atoms with Crippen LogP contribution in [-0.4, -0.2) is 9.97 Å². The van der Waals surface area contributed by atoms with Gasteiger partial charge in [0.15, 0.2) is 5.75 Å². The van der Waals surface area contributed by atoms with Gasteiger partial charge in [-0.3, -0.25) is 0 Å². The minimum Gasteiger partial charge on any atom is -0.423 e. The number of nitrogen functional groups attached to an aromatic ring is 1. The highest BCUT2D eigenvalue weighted by molar-refractivity contribution is 6.42. The summed E-state index contributed by atoms with van der Waals surface area (Å²) in [4.78, 5) is 7.77. The van der Waals surface area contributed by atoms with Crippen LogP contribution < -0.4 is 10.5 Å². The smallest absolute Gasteiger partial charge is 0.322 e. The Bertz CT molecular complexity index is 502. The Morgan fingerprint density at radius 1 is 1.12 bits per heavy atom. The van der Waals surface area contributed by atoms with Crippen molar-refractivity contribution in [1.29, 1.82) is 0 Å². The number of nitrogens with zero attached hydrogens (tertiary/aromatic N) is 2. The van der Waals surface area contributed by atoms with Gasteiger partial charge in [0.25, 0.3) is 0 Å². The van der Waals surface area contributed by atoms with Crippen LogP contribution in [0.2, 0.25) is 10.0 Å². The minimum atomic E-state index is 0.165. The fourth-order valence-electron chi connectivity index (χ4n) is 1.04. The number of aromatic nitrogens is 2. The van der Waals surface area contributed by atoms with Gasteiger partial charge in [0.05, 0.1) is 23.1 Å². The van der Waals surface area contributed by atoms with Crippen molar-refractivity contribution in [1.82, 2.24) is 9.97 Å². The highest BCUT2D eigenvalue weighted by Crippen LogP contribution is 2.33. The van der Waals surface area contributed by atoms with E-state index in [0.717, 1.165) is 0 Å². The van der Waals surface area contributed by atoms with Gasteiger partial charge in [0, 0.05) is 0 Å². The third-order valence-electron chi connectivity index (χ3n) is 1.77. The standard InChI is InChI=1S/C10H7Cl2N3O/c11-7-2-1-3-8(9(7)12)16-10-14-4-6(13)5-15-10/h1-5H,13H2. The predicted molar refractivity (Wildman–Crippen MR) is 63.0 cm³/mol. The van der Waals surface area contributed by atoms with Crippen LogP contribution in [0.5, 0.6) is 11.8 Å². The summed E-state index contributed by atoms with van der Waals surface area (Å²) in [6.07, 6.45) is 2.89. The first kappa shape index (κ1) is 11.0. The molecule has 0 amide bonds. The maximum atomic E-state index is 5.94. The van der Waals surface area contributed by atoms with Gasteiger partial charge < -0.3 is 10.5 Å². The van der Waals surface area contributed by atoms with E-state index in [9.17, 15) is 0 Å². The Hall–Kier alpha value is -1.52. The van der Waals surface area contributed by atoms with Crippen LogP contribution in [0.25, 0.3) is 0 Å². The highest BCUT2D eigenvalue weighted by atomic mass is 35.5. The first-order valence-electron chi connectivity index (χ1n) is 4.36. The van der Waals surface area contributed by atoms with Gasteiger partial charge in [-0.1, -0.05) is 29.3 Å². The van der Waals surface area contributed by atoms with Crippen LogP contribution >= 0.6 is 23.2 Å². The lowest BCUT2D eigenvalue weighted by molar-refractivity contribution is 0.442. The molecule has 0 aliphatic heterocycles. The molecule has 0 aliphatic rings. The topological polar surface area (TPSA) is 61.0 Å². The Balaban J connectivity index is 2.27. The first-order valence-corrected chi connectivity index (χ1v) is 5.12. The van der Waals surface area contributed by atoms with Crippen LogP contribution in [0.1, 0.15) is 0 Å². The fourth-order valence-corrected chi connectivity index (χ4v) is 1.37. The second-order valence-corrected chi connectivity index (χ2v) is 3.74. The van der Waals surface area contributed by atoms with Gasteiger partial charge in [-0.05, 0) is 12.1 Å². The molecule has 0 unspecified atom stereocenters. The molecule has 0 saturated carbocycles. The normalized spacial score (nSPS) is 10.1. The molecule has 1 aromatic heterocycles. The summed E-state index contributed by atoms with van der Waals surface area (Å²) in [5.41, 5.74) is 5.91. The average molecular weight is 256 g/mol. The number of rotatable bonds is 2. The average Bonchev–Trinajstić information content (AvgIpc) is 2.28. The molecule has 16 heavy (non-hydrogen) atoms. The summed E-state index contributed by atoms with van der Waals surface area (Å²) in [7, 11) is 0. The minimum absolute atomic E-state index is 0.165. The monoisotopic (exact) mass is 255 g/mol. The molecule has 0 radical (unpaired) electrons. The van der Waals surface area contributed by atoms with Gasteiger partial charge >= 0.3 is 6.01 Å². The van der Waals surface area contributed by atoms with Crippen LogP contribution in [0.15, 0.2) is 30.6 Å². The summed E-state index contributed by atoms with van der Waals surface area (Å²) >= 11 is 11.8. The molecule has 4 nitrogen and oxygen atoms in total. The van der Waals surface area contributed by atoms with Crippen molar-refractivity contribution in [3.05, 3.63) is 40.6 Å². The second-order valence-electron chi connectivity index (χ2n) is 2.95. The molecule has 1 heterocycles. The van der Waals surface area contributed by atoms with Gasteiger partial charge in [0.1, 0.15) is 5.02 Å². The molecular formula is C10H7Cl2N3O. The van der Waals surface area contributed by atoms with Crippen molar-refractivity contribution in [2.45, 2.75) is 0 Å². The van der Waals surface area contributed by atoms with Crippen LogP contribution in [0, 0.1) is 0 Å². The molecule has 6 heteroatoms. The zero-order valence-electron chi connectivity index (χ0n) is 8.02. The lowest BCUT2D eigenvalue weighted by atomic mass is 10.3. The largest absolute Gasteiger partial charge is 0.423 e. The van der Waals surface area contributed by atoms with Crippen LogP contribution in [0.4, 0.5) is 5.69 Å². The van der Waals surface area contributed by atoms with E-state index in [1.54, 1.807) is 18.2 Å². The maximum Gasteiger partial charge on any atom is 0.322 e. The quantitative estimate of drug-likeness (QED) is 0.896. The van der Waals surface area contributed by atoms with Crippen LogP contribution in [0.3, 0.4) is 0 Å². The number of hydrogen-bond acceptors (Lipinski definition) is 4. The second kappa shape index (κ2) is 4.55. The molecule has 2 aromatic rings. The molecule has 0 bridgehead atoms. The summed E-state index contributed by atoms with van der Waals surface area (Å²) in [6.45, 7) is 0. The highest BCUT2D eigenvalue weighted by Gasteiger charge is 2.07. The molecule has 82 valence electrons. The first-order chi connectivity index (χ1) is 7.66. The van der Waals surface area contributed by atoms with Gasteiger partial charge in [0.2, 0.25) is 0 Å². The Morgan fingerprint density at radius 2 is 1.81 bits per heavy atom. The zero-order valence-corrected chi connectivity index (χ0v) is 9.53. The molecule has 0 fully saturated rings. The molecule has 0 saturated heterocycles. The van der Waals surface area contributed by atoms with E-state index < -0.39 is 0 Å². The molecule has 2 N–H and O–H groups in total. The van der Waals surface area contributed by atoms with E-state index in [0.29, 0.717) is 21.5 Å². The summed E-state index contributed by atoms with van der Waals surface area (Å²) in [5.74, 6) is 0.402. The predicted octanol–water partition coefficient (Wildman–Crippen LogP) is 3.16. The van der Waals surface area contributed by atoms with E-state index in [1.165, 1.54) is 12.4 Å². The molecule has 2 rings (SSSR count). The van der Waals surface area contributed by atoms with E-state index >= 15 is 0 Å². The Kier molecular flexibility index (Phi) is 3.12. The summed E-state index contributed by atoms with van der Waals surface area (Å²) in [6, 6.07) is 5.23. The lowest BCUT2D eigenvalue weighted by Crippen LogP contribution is -1.94. The number of anilines is 1. The molecule has 0 spiro atoms. The van der Waals surface area contributed by atoms with E-state index in [-0.39, 0.29) is 6.01 Å². The zero-order chi connectivity index (χ0) is 11.5. The van der Waals surface area contributed by atoms with Crippen molar-refractivity contribution in [2.24, 2.45) is 0 Å². The van der Waals surface area contributed by atoms with Crippen molar-refractivity contribution in [3.8, 4) is 11.8 Å². The molecule has 1 aromatic carbocycles. The molecular weight excluding hydrogens is 249 g/mol. The lowest BCUT2D eigenvalue weighted by Gasteiger charge is -2.06. The maximum absolute atomic E-state index is 5.94. The van der Waals surface area contributed by atoms with Gasteiger partial charge in [-0.2, -0.15) is 0 Å². The van der Waals surface area contributed by atoms with Gasteiger partial charge in [-0.15, -0.1) is 0 Å². The third kappa shape index (κ3) is 2.35. The SMILES string of the molecule is Nc1cnc(Oc2cccc(Cl)c2Cl)nc1. The van der Waals surface area contributed by atoms with E-state index in [4.69, 9.17) is 33.7 Å². The van der Waals surface area contributed by atoms with Crippen molar-refractivity contribution in [2.75, 3.05) is 5.73 Å². The Morgan fingerprint density at radius 3 is 2.50 bits per heavy atom. The molecule has 0 atom stereocenters. The van der Waals surface area contributed by atoms with Gasteiger partial charge in [-0.25, -0.2) is 9.97 Å². The number of nitrogens with two attached hydrogens (primary N) is 1. The van der Waals surface area contributed by atoms with Crippen LogP contribution in [-0.2, 0) is 0 Å². The molecule has 0 aliphatic carbocycles. The van der Waals surface area contributed by atoms with Crippen molar-refractivity contribution >= 4 is 28.9 Å². The van der Waals surface area contributed by atoms with E-state index in [2.05, 4.69) is 9.97 Å². The van der Waals surface area contributed by atoms with E-state index in [1.807, 2.05) is 0 Å².